The number of carbonyl (C=O) groups is 1. The summed E-state index contributed by atoms with van der Waals surface area (Å²) in [5.41, 5.74) is 0. The molecule has 0 radical (unpaired) electrons. The smallest absolute Gasteiger partial charge is 0.150 e. The van der Waals surface area contributed by atoms with Gasteiger partial charge in [-0.1, -0.05) is 0 Å². The molecule has 2 aliphatic heterocycles. The van der Waals surface area contributed by atoms with Crippen molar-refractivity contribution in [2.45, 2.75) is 32.2 Å². The molecule has 2 aliphatic rings. The SMILES string of the molecule is CC1CC(=O)CCN1CC1CCS(=O)(=O)C1. The lowest BCUT2D eigenvalue weighted by molar-refractivity contribution is -0.123. The molecule has 2 saturated heterocycles. The highest BCUT2D eigenvalue weighted by Gasteiger charge is 2.32. The van der Waals surface area contributed by atoms with Crippen LogP contribution < -0.4 is 0 Å². The van der Waals surface area contributed by atoms with Crippen LogP contribution in [0.5, 0.6) is 0 Å². The van der Waals surface area contributed by atoms with E-state index < -0.39 is 9.84 Å². The van der Waals surface area contributed by atoms with E-state index in [9.17, 15) is 13.2 Å². The standard InChI is InChI=1S/C11H19NO3S/c1-9-6-11(13)2-4-12(9)7-10-3-5-16(14,15)8-10/h9-10H,2-8H2,1H3. The molecule has 0 aromatic heterocycles. The summed E-state index contributed by atoms with van der Waals surface area (Å²) in [4.78, 5) is 13.5. The van der Waals surface area contributed by atoms with Gasteiger partial charge in [0.25, 0.3) is 0 Å². The number of Topliss-reactive ketones (excluding diaryl/α,β-unsaturated/α-hetero) is 1. The molecule has 0 aliphatic carbocycles. The van der Waals surface area contributed by atoms with Gasteiger partial charge in [0.15, 0.2) is 9.84 Å². The first-order chi connectivity index (χ1) is 7.46. The minimum atomic E-state index is -2.77. The Balaban J connectivity index is 1.88. The van der Waals surface area contributed by atoms with Gasteiger partial charge in [0, 0.05) is 32.0 Å². The van der Waals surface area contributed by atoms with E-state index in [1.54, 1.807) is 0 Å². The molecule has 92 valence electrons. The van der Waals surface area contributed by atoms with Gasteiger partial charge in [0.05, 0.1) is 11.5 Å². The fourth-order valence-corrected chi connectivity index (χ4v) is 4.52. The van der Waals surface area contributed by atoms with E-state index >= 15 is 0 Å². The van der Waals surface area contributed by atoms with Crippen LogP contribution in [-0.2, 0) is 14.6 Å². The van der Waals surface area contributed by atoms with Gasteiger partial charge in [0.2, 0.25) is 0 Å². The summed E-state index contributed by atoms with van der Waals surface area (Å²) < 4.78 is 22.7. The number of hydrogen-bond donors (Lipinski definition) is 0. The van der Waals surface area contributed by atoms with Gasteiger partial charge in [-0.15, -0.1) is 0 Å². The van der Waals surface area contributed by atoms with Crippen LogP contribution in [0.1, 0.15) is 26.2 Å². The Morgan fingerprint density at radius 3 is 2.75 bits per heavy atom. The molecule has 16 heavy (non-hydrogen) atoms. The molecule has 0 aromatic carbocycles. The van der Waals surface area contributed by atoms with Crippen molar-refractivity contribution < 1.29 is 13.2 Å². The zero-order chi connectivity index (χ0) is 11.8. The quantitative estimate of drug-likeness (QED) is 0.710. The summed E-state index contributed by atoms with van der Waals surface area (Å²) in [5, 5.41) is 0. The number of hydrogen-bond acceptors (Lipinski definition) is 4. The number of carbonyl (C=O) groups excluding carboxylic acids is 1. The third kappa shape index (κ3) is 2.83. The van der Waals surface area contributed by atoms with Crippen LogP contribution in [-0.4, -0.2) is 49.7 Å². The van der Waals surface area contributed by atoms with Crippen LogP contribution in [0.15, 0.2) is 0 Å². The Kier molecular flexibility index (Phi) is 3.35. The lowest BCUT2D eigenvalue weighted by Gasteiger charge is -2.34. The number of rotatable bonds is 2. The average molecular weight is 245 g/mol. The van der Waals surface area contributed by atoms with Crippen molar-refractivity contribution in [1.29, 1.82) is 0 Å². The molecule has 0 amide bonds. The highest BCUT2D eigenvalue weighted by molar-refractivity contribution is 7.91. The molecule has 2 fully saturated rings. The Morgan fingerprint density at radius 1 is 1.44 bits per heavy atom. The average Bonchev–Trinajstić information content (AvgIpc) is 2.51. The van der Waals surface area contributed by atoms with Crippen molar-refractivity contribution in [3.8, 4) is 0 Å². The molecule has 0 bridgehead atoms. The van der Waals surface area contributed by atoms with Crippen LogP contribution in [0.3, 0.4) is 0 Å². The van der Waals surface area contributed by atoms with Crippen LogP contribution in [0.25, 0.3) is 0 Å². The van der Waals surface area contributed by atoms with E-state index in [-0.39, 0.29) is 12.0 Å². The molecule has 0 spiro atoms. The van der Waals surface area contributed by atoms with Crippen LogP contribution in [0.4, 0.5) is 0 Å². The summed E-state index contributed by atoms with van der Waals surface area (Å²) in [6, 6.07) is 0.282. The predicted molar refractivity (Wildman–Crippen MR) is 62.0 cm³/mol. The van der Waals surface area contributed by atoms with E-state index in [4.69, 9.17) is 0 Å². The summed E-state index contributed by atoms with van der Waals surface area (Å²) in [6.07, 6.45) is 2.04. The van der Waals surface area contributed by atoms with Gasteiger partial charge in [-0.3, -0.25) is 9.69 Å². The highest BCUT2D eigenvalue weighted by atomic mass is 32.2. The minimum absolute atomic E-state index is 0.278. The second-order valence-electron chi connectivity index (χ2n) is 5.11. The second kappa shape index (κ2) is 4.45. The van der Waals surface area contributed by atoms with Crippen LogP contribution in [0.2, 0.25) is 0 Å². The van der Waals surface area contributed by atoms with Crippen LogP contribution in [0, 0.1) is 5.92 Å². The van der Waals surface area contributed by atoms with Crippen molar-refractivity contribution in [2.75, 3.05) is 24.6 Å². The van der Waals surface area contributed by atoms with Crippen molar-refractivity contribution >= 4 is 15.6 Å². The van der Waals surface area contributed by atoms with Crippen molar-refractivity contribution in [2.24, 2.45) is 5.92 Å². The van der Waals surface area contributed by atoms with Crippen LogP contribution >= 0.6 is 0 Å². The Bertz CT molecular complexity index is 377. The molecule has 0 aromatic rings. The van der Waals surface area contributed by atoms with Gasteiger partial charge in [0.1, 0.15) is 5.78 Å². The molecule has 4 nitrogen and oxygen atoms in total. The summed E-state index contributed by atoms with van der Waals surface area (Å²) in [6.45, 7) is 3.70. The summed E-state index contributed by atoms with van der Waals surface area (Å²) in [5.74, 6) is 1.30. The first-order valence-corrected chi connectivity index (χ1v) is 7.74. The van der Waals surface area contributed by atoms with E-state index in [2.05, 4.69) is 11.8 Å². The van der Waals surface area contributed by atoms with E-state index in [0.29, 0.717) is 30.1 Å². The molecule has 2 heterocycles. The number of nitrogens with zero attached hydrogens (tertiary/aromatic N) is 1. The molecular weight excluding hydrogens is 226 g/mol. The lowest BCUT2D eigenvalue weighted by atomic mass is 10.00. The number of ketones is 1. The van der Waals surface area contributed by atoms with Crippen molar-refractivity contribution in [1.82, 2.24) is 4.90 Å². The molecule has 5 heteroatoms. The summed E-state index contributed by atoms with van der Waals surface area (Å²) in [7, 11) is -2.77. The fourth-order valence-electron chi connectivity index (χ4n) is 2.67. The molecule has 0 saturated carbocycles. The molecular formula is C11H19NO3S. The lowest BCUT2D eigenvalue weighted by Crippen LogP contribution is -2.43. The van der Waals surface area contributed by atoms with Gasteiger partial charge in [-0.25, -0.2) is 8.42 Å². The first-order valence-electron chi connectivity index (χ1n) is 5.92. The Labute approximate surface area is 96.9 Å². The van der Waals surface area contributed by atoms with Gasteiger partial charge in [-0.05, 0) is 19.3 Å². The molecule has 2 unspecified atom stereocenters. The maximum Gasteiger partial charge on any atom is 0.150 e. The zero-order valence-corrected chi connectivity index (χ0v) is 10.5. The second-order valence-corrected chi connectivity index (χ2v) is 7.33. The number of piperidine rings is 1. The van der Waals surface area contributed by atoms with E-state index in [1.807, 2.05) is 0 Å². The fraction of sp³-hybridized carbons (Fsp3) is 0.909. The molecule has 2 rings (SSSR count). The maximum atomic E-state index is 11.3. The highest BCUT2D eigenvalue weighted by Crippen LogP contribution is 2.22. The van der Waals surface area contributed by atoms with Crippen molar-refractivity contribution in [3.63, 3.8) is 0 Å². The molecule has 0 N–H and O–H groups in total. The predicted octanol–water partition coefficient (Wildman–Crippen LogP) is 0.475. The third-order valence-corrected chi connectivity index (χ3v) is 5.48. The normalized spacial score (nSPS) is 35.4. The number of sulfone groups is 1. The number of likely N-dealkylation sites (tertiary alicyclic amines) is 1. The van der Waals surface area contributed by atoms with Crippen molar-refractivity contribution in [3.05, 3.63) is 0 Å². The molecule has 2 atom stereocenters. The maximum absolute atomic E-state index is 11.3. The topological polar surface area (TPSA) is 54.5 Å². The van der Waals surface area contributed by atoms with Gasteiger partial charge >= 0.3 is 0 Å². The Morgan fingerprint density at radius 2 is 2.19 bits per heavy atom. The monoisotopic (exact) mass is 245 g/mol. The third-order valence-electron chi connectivity index (χ3n) is 3.64. The summed E-state index contributed by atoms with van der Waals surface area (Å²) >= 11 is 0. The van der Waals surface area contributed by atoms with Gasteiger partial charge in [-0.2, -0.15) is 0 Å². The van der Waals surface area contributed by atoms with E-state index in [1.165, 1.54) is 0 Å². The van der Waals surface area contributed by atoms with Gasteiger partial charge < -0.3 is 0 Å². The minimum Gasteiger partial charge on any atom is -0.300 e. The largest absolute Gasteiger partial charge is 0.300 e. The van der Waals surface area contributed by atoms with E-state index in [0.717, 1.165) is 19.5 Å². The Hall–Kier alpha value is -0.420. The first kappa shape index (κ1) is 12.0. The zero-order valence-electron chi connectivity index (χ0n) is 9.68.